The number of likely N-dealkylation sites (N-methyl/N-ethyl adjacent to an activating group) is 1. The number of nitrogens with one attached hydrogen (secondary N) is 2. The van der Waals surface area contributed by atoms with Crippen LogP contribution in [-0.2, 0) is 6.54 Å². The quantitative estimate of drug-likeness (QED) is 0.279. The molecule has 4 aromatic rings. The van der Waals surface area contributed by atoms with Crippen molar-refractivity contribution < 1.29 is 4.79 Å². The van der Waals surface area contributed by atoms with Crippen molar-refractivity contribution in [3.63, 3.8) is 0 Å². The molecule has 6 rings (SSSR count). The Kier molecular flexibility index (Phi) is 8.02. The molecule has 2 aromatic carbocycles. The van der Waals surface area contributed by atoms with Gasteiger partial charge in [-0.15, -0.1) is 0 Å². The second kappa shape index (κ2) is 12.2. The standard InChI is InChI=1S/C31H34N8OS/c1-3-13-39-27-18-23(30(40)33-20-22-5-4-12-32-19-22)6-11-26(27)29-28(41-39)21-34-31(36-29)35-24-7-9-25(10-8-24)38-16-14-37(2)15-17-38/h4-12,18-19,21H,3,13-17,20H2,1-2H3,(H,33,40)(H,34,35,36). The van der Waals surface area contributed by atoms with E-state index in [2.05, 4.69) is 72.9 Å². The van der Waals surface area contributed by atoms with Gasteiger partial charge in [-0.05, 0) is 79.5 Å². The number of carbonyl (C=O) groups excluding carboxylic acids is 1. The lowest BCUT2D eigenvalue weighted by Crippen LogP contribution is -2.44. The largest absolute Gasteiger partial charge is 0.369 e. The fourth-order valence-corrected chi connectivity index (χ4v) is 6.15. The summed E-state index contributed by atoms with van der Waals surface area (Å²) in [6, 6.07) is 18.1. The number of piperazine rings is 1. The second-order valence-electron chi connectivity index (χ2n) is 10.3. The van der Waals surface area contributed by atoms with Gasteiger partial charge in [0.25, 0.3) is 5.91 Å². The van der Waals surface area contributed by atoms with Crippen molar-refractivity contribution in [3.05, 3.63) is 84.3 Å². The summed E-state index contributed by atoms with van der Waals surface area (Å²) in [5.74, 6) is 0.429. The number of nitrogens with zero attached hydrogens (tertiary/aromatic N) is 6. The molecule has 1 fully saturated rings. The van der Waals surface area contributed by atoms with E-state index in [-0.39, 0.29) is 5.91 Å². The van der Waals surface area contributed by atoms with Gasteiger partial charge in [0.1, 0.15) is 0 Å². The topological polar surface area (TPSA) is 89.5 Å². The number of fused-ring (bicyclic) bond motifs is 3. The Bertz CT molecular complexity index is 1510. The fraction of sp³-hybridized carbons (Fsp3) is 0.290. The molecule has 0 atom stereocenters. The van der Waals surface area contributed by atoms with E-state index in [1.54, 1.807) is 24.3 Å². The lowest BCUT2D eigenvalue weighted by molar-refractivity contribution is 0.0951. The van der Waals surface area contributed by atoms with Crippen molar-refractivity contribution >= 4 is 40.9 Å². The molecule has 2 aromatic heterocycles. The predicted octanol–water partition coefficient (Wildman–Crippen LogP) is 5.20. The third-order valence-electron chi connectivity index (χ3n) is 7.34. The monoisotopic (exact) mass is 566 g/mol. The van der Waals surface area contributed by atoms with E-state index in [0.717, 1.165) is 72.2 Å². The van der Waals surface area contributed by atoms with Gasteiger partial charge in [0, 0.05) is 80.4 Å². The van der Waals surface area contributed by atoms with Crippen LogP contribution >= 0.6 is 11.9 Å². The maximum atomic E-state index is 13.0. The van der Waals surface area contributed by atoms with Gasteiger partial charge in [-0.25, -0.2) is 9.97 Å². The number of rotatable bonds is 8. The first-order valence-electron chi connectivity index (χ1n) is 14.0. The summed E-state index contributed by atoms with van der Waals surface area (Å²) in [5, 5.41) is 6.39. The van der Waals surface area contributed by atoms with E-state index in [1.165, 1.54) is 5.69 Å². The Morgan fingerprint density at radius 3 is 2.61 bits per heavy atom. The molecular formula is C31H34N8OS. The van der Waals surface area contributed by atoms with Crippen molar-refractivity contribution in [2.75, 3.05) is 54.3 Å². The van der Waals surface area contributed by atoms with Crippen LogP contribution in [0.4, 0.5) is 23.0 Å². The molecule has 210 valence electrons. The van der Waals surface area contributed by atoms with Crippen LogP contribution in [0.3, 0.4) is 0 Å². The Balaban J connectivity index is 1.21. The van der Waals surface area contributed by atoms with Crippen LogP contribution in [-0.4, -0.2) is 65.5 Å². The van der Waals surface area contributed by atoms with Gasteiger partial charge in [-0.1, -0.05) is 13.0 Å². The third-order valence-corrected chi connectivity index (χ3v) is 8.44. The van der Waals surface area contributed by atoms with Gasteiger partial charge in [-0.3, -0.25) is 9.78 Å². The first kappa shape index (κ1) is 27.0. The molecule has 2 N–H and O–H groups in total. The highest BCUT2D eigenvalue weighted by Gasteiger charge is 2.26. The highest BCUT2D eigenvalue weighted by molar-refractivity contribution is 8.00. The zero-order valence-electron chi connectivity index (χ0n) is 23.4. The van der Waals surface area contributed by atoms with E-state index in [1.807, 2.05) is 36.5 Å². The summed E-state index contributed by atoms with van der Waals surface area (Å²) < 4.78 is 2.23. The molecule has 10 heteroatoms. The number of hydrogen-bond donors (Lipinski definition) is 2. The SMILES string of the molecule is CCCN1Sc2cnc(Nc3ccc(N4CCN(C)CC4)cc3)nc2-c2ccc(C(=O)NCc3cccnc3)cc21. The zero-order chi connectivity index (χ0) is 28.2. The Labute approximate surface area is 245 Å². The number of carbonyl (C=O) groups is 1. The van der Waals surface area contributed by atoms with Crippen LogP contribution in [0.25, 0.3) is 11.3 Å². The van der Waals surface area contributed by atoms with Gasteiger partial charge in [0.05, 0.1) is 16.3 Å². The van der Waals surface area contributed by atoms with Gasteiger partial charge in [0.2, 0.25) is 5.95 Å². The molecule has 0 saturated carbocycles. The Hall–Kier alpha value is -4.15. The average molecular weight is 567 g/mol. The summed E-state index contributed by atoms with van der Waals surface area (Å²) in [7, 11) is 2.17. The Morgan fingerprint density at radius 2 is 1.85 bits per heavy atom. The molecule has 0 spiro atoms. The molecule has 2 aliphatic rings. The minimum absolute atomic E-state index is 0.117. The van der Waals surface area contributed by atoms with E-state index in [9.17, 15) is 4.79 Å². The molecule has 0 unspecified atom stereocenters. The first-order chi connectivity index (χ1) is 20.1. The minimum Gasteiger partial charge on any atom is -0.369 e. The number of hydrogen-bond acceptors (Lipinski definition) is 9. The van der Waals surface area contributed by atoms with Crippen molar-refractivity contribution in [3.8, 4) is 11.3 Å². The number of amides is 1. The predicted molar refractivity (Wildman–Crippen MR) is 166 cm³/mol. The molecule has 9 nitrogen and oxygen atoms in total. The zero-order valence-corrected chi connectivity index (χ0v) is 24.2. The number of aromatic nitrogens is 3. The van der Waals surface area contributed by atoms with Crippen molar-refractivity contribution in [2.24, 2.45) is 0 Å². The second-order valence-corrected chi connectivity index (χ2v) is 11.4. The lowest BCUT2D eigenvalue weighted by atomic mass is 10.0. The summed E-state index contributed by atoms with van der Waals surface area (Å²) in [6.45, 7) is 7.66. The smallest absolute Gasteiger partial charge is 0.251 e. The lowest BCUT2D eigenvalue weighted by Gasteiger charge is -2.34. The van der Waals surface area contributed by atoms with Crippen LogP contribution in [0, 0.1) is 0 Å². The van der Waals surface area contributed by atoms with Crippen LogP contribution in [0.1, 0.15) is 29.3 Å². The van der Waals surface area contributed by atoms with E-state index >= 15 is 0 Å². The summed E-state index contributed by atoms with van der Waals surface area (Å²) in [5.41, 5.74) is 6.60. The van der Waals surface area contributed by atoms with Crippen LogP contribution in [0.5, 0.6) is 0 Å². The normalized spacial score (nSPS) is 14.8. The molecular weight excluding hydrogens is 532 g/mol. The maximum absolute atomic E-state index is 13.0. The minimum atomic E-state index is -0.117. The van der Waals surface area contributed by atoms with E-state index < -0.39 is 0 Å². The van der Waals surface area contributed by atoms with Gasteiger partial charge in [-0.2, -0.15) is 0 Å². The number of pyridine rings is 1. The van der Waals surface area contributed by atoms with Gasteiger partial charge < -0.3 is 24.7 Å². The molecule has 0 radical (unpaired) electrons. The summed E-state index contributed by atoms with van der Waals surface area (Å²) >= 11 is 1.62. The van der Waals surface area contributed by atoms with Crippen molar-refractivity contribution in [1.82, 2.24) is 25.2 Å². The van der Waals surface area contributed by atoms with Crippen molar-refractivity contribution in [1.29, 1.82) is 0 Å². The van der Waals surface area contributed by atoms with Crippen LogP contribution in [0.15, 0.2) is 78.1 Å². The number of anilines is 4. The van der Waals surface area contributed by atoms with E-state index in [0.29, 0.717) is 18.1 Å². The average Bonchev–Trinajstić information content (AvgIpc) is 3.01. The summed E-state index contributed by atoms with van der Waals surface area (Å²) in [4.78, 5) is 32.5. The molecule has 41 heavy (non-hydrogen) atoms. The molecule has 2 aliphatic heterocycles. The molecule has 1 amide bonds. The number of benzene rings is 2. The first-order valence-corrected chi connectivity index (χ1v) is 14.8. The van der Waals surface area contributed by atoms with Crippen molar-refractivity contribution in [2.45, 2.75) is 24.8 Å². The highest BCUT2D eigenvalue weighted by atomic mass is 32.2. The molecule has 1 saturated heterocycles. The maximum Gasteiger partial charge on any atom is 0.251 e. The van der Waals surface area contributed by atoms with Gasteiger partial charge in [0.15, 0.2) is 0 Å². The molecule has 0 aliphatic carbocycles. The summed E-state index contributed by atoms with van der Waals surface area (Å²) in [6.07, 6.45) is 6.34. The highest BCUT2D eigenvalue weighted by Crippen LogP contribution is 2.46. The van der Waals surface area contributed by atoms with Gasteiger partial charge >= 0.3 is 0 Å². The van der Waals surface area contributed by atoms with E-state index in [4.69, 9.17) is 4.98 Å². The third kappa shape index (κ3) is 6.13. The Morgan fingerprint density at radius 1 is 1.02 bits per heavy atom. The van der Waals surface area contributed by atoms with Crippen LogP contribution < -0.4 is 19.8 Å². The molecule has 4 heterocycles. The molecule has 0 bridgehead atoms. The fourth-order valence-electron chi connectivity index (χ4n) is 5.04. The van der Waals surface area contributed by atoms with Crippen LogP contribution in [0.2, 0.25) is 0 Å².